The van der Waals surface area contributed by atoms with E-state index in [4.69, 9.17) is 9.47 Å². The number of nitro groups is 1. The van der Waals surface area contributed by atoms with Crippen molar-refractivity contribution in [3.8, 4) is 11.5 Å². The molecule has 0 N–H and O–H groups in total. The number of rotatable bonds is 7. The third-order valence-corrected chi connectivity index (χ3v) is 9.02. The molecule has 0 saturated heterocycles. The molecule has 0 aromatic heterocycles. The predicted molar refractivity (Wildman–Crippen MR) is 164 cm³/mol. The molecular weight excluding hydrogens is 657 g/mol. The Bertz CT molecular complexity index is 1610. The molecule has 0 unspecified atom stereocenters. The molecule has 0 spiro atoms. The number of alkyl halides is 3. The third-order valence-electron chi connectivity index (χ3n) is 8.53. The van der Waals surface area contributed by atoms with E-state index >= 15 is 0 Å². The molecule has 0 saturated carbocycles. The van der Waals surface area contributed by atoms with E-state index in [9.17, 15) is 32.9 Å². The van der Waals surface area contributed by atoms with Crippen LogP contribution in [0.25, 0.3) is 0 Å². The summed E-state index contributed by atoms with van der Waals surface area (Å²) >= 11 is 3.49. The van der Waals surface area contributed by atoms with Crippen molar-refractivity contribution in [2.24, 2.45) is 10.8 Å². The van der Waals surface area contributed by atoms with Crippen molar-refractivity contribution >= 4 is 33.2 Å². The van der Waals surface area contributed by atoms with Crippen molar-refractivity contribution < 1.29 is 37.2 Å². The van der Waals surface area contributed by atoms with Crippen LogP contribution in [0.4, 0.5) is 18.9 Å². The molecule has 0 bridgehead atoms. The van der Waals surface area contributed by atoms with E-state index < -0.39 is 34.0 Å². The number of nitrogens with zero attached hydrogens (tertiary/aromatic N) is 2. The first kappa shape index (κ1) is 32.9. The molecule has 3 aliphatic rings. The molecule has 2 aliphatic carbocycles. The summed E-state index contributed by atoms with van der Waals surface area (Å²) in [7, 11) is 1.59. The number of ketones is 2. The Balaban J connectivity index is 1.75. The van der Waals surface area contributed by atoms with Crippen LogP contribution < -0.4 is 4.74 Å². The first-order valence-corrected chi connectivity index (χ1v) is 15.3. The van der Waals surface area contributed by atoms with Crippen LogP contribution in [0.2, 0.25) is 0 Å². The van der Waals surface area contributed by atoms with E-state index in [-0.39, 0.29) is 41.0 Å². The van der Waals surface area contributed by atoms with Gasteiger partial charge in [0, 0.05) is 71.1 Å². The number of benzene rings is 2. The van der Waals surface area contributed by atoms with Crippen LogP contribution in [0.1, 0.15) is 70.4 Å². The van der Waals surface area contributed by atoms with Crippen LogP contribution in [0.5, 0.6) is 11.5 Å². The highest BCUT2D eigenvalue weighted by atomic mass is 79.9. The summed E-state index contributed by atoms with van der Waals surface area (Å²) in [5.41, 5.74) is 0.180. The summed E-state index contributed by atoms with van der Waals surface area (Å²) in [6.45, 7) is 8.90. The van der Waals surface area contributed by atoms with Gasteiger partial charge in [0.2, 0.25) is 5.75 Å². The van der Waals surface area contributed by atoms with Crippen LogP contribution in [-0.2, 0) is 20.5 Å². The molecule has 0 atom stereocenters. The fraction of sp³-hybridized carbons (Fsp3) is 0.455. The quantitative estimate of drug-likeness (QED) is 0.212. The van der Waals surface area contributed by atoms with Gasteiger partial charge in [-0.15, -0.1) is 0 Å². The summed E-state index contributed by atoms with van der Waals surface area (Å²) < 4.78 is 52.3. The average Bonchev–Trinajstić information content (AvgIpc) is 2.90. The van der Waals surface area contributed by atoms with Gasteiger partial charge in [-0.2, -0.15) is 13.2 Å². The number of carbonyl (C=O) groups excluding carboxylic acids is 2. The minimum atomic E-state index is -4.79. The van der Waals surface area contributed by atoms with Gasteiger partial charge in [-0.05, 0) is 54.0 Å². The minimum absolute atomic E-state index is 0.0883. The second-order valence-corrected chi connectivity index (χ2v) is 14.3. The second kappa shape index (κ2) is 11.7. The zero-order valence-corrected chi connectivity index (χ0v) is 27.2. The van der Waals surface area contributed by atoms with Crippen molar-refractivity contribution in [2.45, 2.75) is 65.5 Å². The molecule has 0 radical (unpaired) electrons. The summed E-state index contributed by atoms with van der Waals surface area (Å²) in [5, 5.41) is 11.9. The van der Waals surface area contributed by atoms with Crippen LogP contribution in [0, 0.1) is 20.9 Å². The molecule has 1 aliphatic heterocycles. The maximum Gasteiger partial charge on any atom is 0.416 e. The van der Waals surface area contributed by atoms with Gasteiger partial charge in [0.05, 0.1) is 17.1 Å². The highest BCUT2D eigenvalue weighted by molar-refractivity contribution is 9.10. The largest absolute Gasteiger partial charge is 0.450 e. The fourth-order valence-electron chi connectivity index (χ4n) is 6.69. The molecule has 8 nitrogen and oxygen atoms in total. The van der Waals surface area contributed by atoms with Crippen LogP contribution in [0.3, 0.4) is 0 Å². The molecule has 12 heteroatoms. The van der Waals surface area contributed by atoms with E-state index in [0.29, 0.717) is 53.2 Å². The summed E-state index contributed by atoms with van der Waals surface area (Å²) in [6, 6.07) is 6.94. The van der Waals surface area contributed by atoms with E-state index in [0.717, 1.165) is 23.5 Å². The fourth-order valence-corrected chi connectivity index (χ4v) is 7.07. The number of nitro benzene ring substituents is 1. The molecular formula is C33H34BrF3N2O6. The molecule has 45 heavy (non-hydrogen) atoms. The van der Waals surface area contributed by atoms with Gasteiger partial charge in [-0.25, -0.2) is 0 Å². The van der Waals surface area contributed by atoms with Crippen LogP contribution in [-0.4, -0.2) is 41.7 Å². The lowest BCUT2D eigenvalue weighted by Gasteiger charge is -2.49. The number of allylic oxidation sites excluding steroid dienone is 4. The highest BCUT2D eigenvalue weighted by Gasteiger charge is 2.49. The normalized spacial score (nSPS) is 19.9. The van der Waals surface area contributed by atoms with Gasteiger partial charge in [-0.1, -0.05) is 43.6 Å². The molecule has 0 fully saturated rings. The lowest BCUT2D eigenvalue weighted by Crippen LogP contribution is -2.45. The van der Waals surface area contributed by atoms with Crippen molar-refractivity contribution in [1.29, 1.82) is 0 Å². The molecule has 2 aromatic rings. The average molecular weight is 692 g/mol. The Hall–Kier alpha value is -3.51. The van der Waals surface area contributed by atoms with Crippen molar-refractivity contribution in [3.05, 3.63) is 84.7 Å². The number of Topliss-reactive ketones (excluding diaryl/α,β-unsaturated/α-hetero) is 2. The zero-order chi connectivity index (χ0) is 33.1. The zero-order valence-electron chi connectivity index (χ0n) is 25.6. The Morgan fingerprint density at radius 2 is 1.49 bits per heavy atom. The number of halogens is 4. The molecule has 2 aromatic carbocycles. The lowest BCUT2D eigenvalue weighted by molar-refractivity contribution is -0.385. The van der Waals surface area contributed by atoms with E-state index in [1.807, 2.05) is 27.7 Å². The summed E-state index contributed by atoms with van der Waals surface area (Å²) in [6.07, 6.45) is -3.17. The van der Waals surface area contributed by atoms with Gasteiger partial charge in [-0.3, -0.25) is 19.7 Å². The summed E-state index contributed by atoms with van der Waals surface area (Å²) in [4.78, 5) is 41.2. The maximum absolute atomic E-state index is 14.1. The number of hydrogen-bond acceptors (Lipinski definition) is 7. The standard InChI is InChI=1S/C33H34BrF3N2O6/c1-31(2)14-22-29(24(40)16-31)28(30-23(38(22)10-11-44-5)15-32(3,4)17-25(30)41)20-13-19(34)7-9-26(20)45-27-8-6-18(33(35,36)37)12-21(27)39(42)43/h6-9,12-13,28H,10-11,14-17H2,1-5H3. The number of methoxy groups -OCH3 is 1. The van der Waals surface area contributed by atoms with Gasteiger partial charge >= 0.3 is 11.9 Å². The van der Waals surface area contributed by atoms with E-state index in [2.05, 4.69) is 20.8 Å². The number of ether oxygens (including phenoxy) is 2. The number of hydrogen-bond donors (Lipinski definition) is 0. The molecule has 0 amide bonds. The Morgan fingerprint density at radius 3 is 2.00 bits per heavy atom. The monoisotopic (exact) mass is 690 g/mol. The maximum atomic E-state index is 14.1. The van der Waals surface area contributed by atoms with Crippen molar-refractivity contribution in [1.82, 2.24) is 4.90 Å². The first-order chi connectivity index (χ1) is 20.9. The van der Waals surface area contributed by atoms with Crippen LogP contribution >= 0.6 is 15.9 Å². The van der Waals surface area contributed by atoms with Crippen molar-refractivity contribution in [2.75, 3.05) is 20.3 Å². The summed E-state index contributed by atoms with van der Waals surface area (Å²) in [5.74, 6) is -1.40. The van der Waals surface area contributed by atoms with E-state index in [1.54, 1.807) is 19.2 Å². The first-order valence-electron chi connectivity index (χ1n) is 14.5. The third kappa shape index (κ3) is 6.44. The van der Waals surface area contributed by atoms with Gasteiger partial charge in [0.1, 0.15) is 5.75 Å². The smallest absolute Gasteiger partial charge is 0.416 e. The Kier molecular flexibility index (Phi) is 8.54. The van der Waals surface area contributed by atoms with Gasteiger partial charge < -0.3 is 14.4 Å². The predicted octanol–water partition coefficient (Wildman–Crippen LogP) is 8.50. The SMILES string of the molecule is COCCN1C2=C(C(=O)CC(C)(C)C2)C(c2cc(Br)ccc2Oc2ccc(C(F)(F)F)cc2[N+](=O)[O-])C2=C1CC(C)(C)CC2=O. The van der Waals surface area contributed by atoms with Crippen molar-refractivity contribution in [3.63, 3.8) is 0 Å². The van der Waals surface area contributed by atoms with Crippen LogP contribution in [0.15, 0.2) is 63.4 Å². The molecule has 5 rings (SSSR count). The van der Waals surface area contributed by atoms with E-state index in [1.165, 1.54) is 6.07 Å². The molecule has 1 heterocycles. The Morgan fingerprint density at radius 1 is 0.933 bits per heavy atom. The van der Waals surface area contributed by atoms with Gasteiger partial charge in [0.15, 0.2) is 11.6 Å². The highest BCUT2D eigenvalue weighted by Crippen LogP contribution is 2.56. The minimum Gasteiger partial charge on any atom is -0.450 e. The van der Waals surface area contributed by atoms with Gasteiger partial charge in [0.25, 0.3) is 0 Å². The Labute approximate surface area is 267 Å². The molecule has 240 valence electrons. The lowest BCUT2D eigenvalue weighted by atomic mass is 9.63. The topological polar surface area (TPSA) is 99.0 Å². The second-order valence-electron chi connectivity index (χ2n) is 13.4. The number of carbonyl (C=O) groups is 2.